The minimum absolute atomic E-state index is 0.0223. The molecule has 1 heterocycles. The van der Waals surface area contributed by atoms with E-state index < -0.39 is 107 Å². The summed E-state index contributed by atoms with van der Waals surface area (Å²) in [7, 11) is 0. The minimum Gasteiger partial charge on any atom is -0.296 e. The number of hydrogen-bond donors (Lipinski definition) is 0. The number of aryl methyl sites for hydroxylation is 1. The zero-order valence-electron chi connectivity index (χ0n) is 36.7. The molecule has 0 saturated carbocycles. The molecule has 2 nitrogen and oxygen atoms in total. The monoisotopic (exact) mass is 539 g/mol. The van der Waals surface area contributed by atoms with E-state index >= 15 is 0 Å². The van der Waals surface area contributed by atoms with Gasteiger partial charge in [0.2, 0.25) is 0 Å². The number of hydrogen-bond acceptors (Lipinski definition) is 1. The Hall–Kier alpha value is -5.21. The fourth-order valence-corrected chi connectivity index (χ4v) is 5.61. The minimum atomic E-state index is -0.756. The Labute approximate surface area is 260 Å². The quantitative estimate of drug-likeness (QED) is 0.203. The Balaban J connectivity index is 1.75. The molecule has 0 amide bonds. The maximum absolute atomic E-state index is 9.42. The Morgan fingerprint density at radius 1 is 0.585 bits per heavy atom. The van der Waals surface area contributed by atoms with Gasteiger partial charge in [-0.15, -0.1) is 0 Å². The van der Waals surface area contributed by atoms with E-state index in [0.717, 1.165) is 0 Å². The van der Waals surface area contributed by atoms with Crippen molar-refractivity contribution >= 4 is 43.4 Å². The van der Waals surface area contributed by atoms with Gasteiger partial charge in [-0.1, -0.05) is 128 Å². The standard InChI is InChI=1S/C39H28N2/c1-2-37-40-34-23-10-12-25-36(34)41(37)35-24-11-9-21-33(35)39-31-19-7-5-17-29(31)38(30-18-6-8-20-32(30)39)28-22-13-15-26-14-3-4-16-27(26)28/h3-25H,2H2,1H3/i3D,4D,5D,6D,7D,8D,13D,14D,15D,16D,17D,18D,19D,20D,22D. The van der Waals surface area contributed by atoms with Crippen LogP contribution in [0.2, 0.25) is 0 Å². The van der Waals surface area contributed by atoms with Gasteiger partial charge in [0.15, 0.2) is 0 Å². The van der Waals surface area contributed by atoms with Gasteiger partial charge in [0, 0.05) is 12.0 Å². The van der Waals surface area contributed by atoms with Crippen LogP contribution in [0.15, 0.2) is 139 Å². The molecule has 0 radical (unpaired) electrons. The third kappa shape index (κ3) is 3.61. The smallest absolute Gasteiger partial charge is 0.114 e. The third-order valence-electron chi connectivity index (χ3n) is 7.30. The lowest BCUT2D eigenvalue weighted by atomic mass is 9.84. The van der Waals surface area contributed by atoms with Crippen molar-refractivity contribution in [3.05, 3.63) is 145 Å². The van der Waals surface area contributed by atoms with Crippen LogP contribution in [0.5, 0.6) is 0 Å². The van der Waals surface area contributed by atoms with Crippen molar-refractivity contribution in [1.82, 2.24) is 9.55 Å². The molecular formula is C39H28N2. The third-order valence-corrected chi connectivity index (χ3v) is 7.30. The van der Waals surface area contributed by atoms with E-state index in [2.05, 4.69) is 0 Å². The fraction of sp³-hybridized carbons (Fsp3) is 0.0513. The first-order valence-electron chi connectivity index (χ1n) is 20.6. The van der Waals surface area contributed by atoms with Crippen molar-refractivity contribution in [3.63, 3.8) is 0 Å². The summed E-state index contributed by atoms with van der Waals surface area (Å²) in [6.45, 7) is 1.92. The van der Waals surface area contributed by atoms with Gasteiger partial charge >= 0.3 is 0 Å². The van der Waals surface area contributed by atoms with Crippen LogP contribution in [0, 0.1) is 0 Å². The summed E-state index contributed by atoms with van der Waals surface area (Å²) >= 11 is 0. The first-order valence-corrected chi connectivity index (χ1v) is 13.1. The highest BCUT2D eigenvalue weighted by Gasteiger charge is 2.21. The predicted octanol–water partition coefficient (Wildman–Crippen LogP) is 10.4. The summed E-state index contributed by atoms with van der Waals surface area (Å²) < 4.78 is 136. The number of fused-ring (bicyclic) bond motifs is 4. The Morgan fingerprint density at radius 3 is 1.85 bits per heavy atom. The Kier molecular flexibility index (Phi) is 2.99. The van der Waals surface area contributed by atoms with Gasteiger partial charge in [-0.05, 0) is 67.2 Å². The van der Waals surface area contributed by atoms with E-state index in [4.69, 9.17) is 18.7 Å². The number of aromatic nitrogens is 2. The van der Waals surface area contributed by atoms with Gasteiger partial charge in [-0.25, -0.2) is 4.98 Å². The predicted molar refractivity (Wildman–Crippen MR) is 174 cm³/mol. The highest BCUT2D eigenvalue weighted by atomic mass is 15.1. The molecule has 0 atom stereocenters. The van der Waals surface area contributed by atoms with Crippen LogP contribution in [0.1, 0.15) is 33.3 Å². The molecule has 1 aromatic heterocycles. The summed E-state index contributed by atoms with van der Waals surface area (Å²) in [6, 6.07) is 4.14. The summed E-state index contributed by atoms with van der Waals surface area (Å²) in [6.07, 6.45) is 0.481. The highest BCUT2D eigenvalue weighted by molar-refractivity contribution is 6.24. The first kappa shape index (κ1) is 13.0. The molecule has 0 aliphatic carbocycles. The molecule has 7 aromatic carbocycles. The molecule has 194 valence electrons. The van der Waals surface area contributed by atoms with Crippen LogP contribution in [0.4, 0.5) is 0 Å². The van der Waals surface area contributed by atoms with Crippen LogP contribution < -0.4 is 0 Å². The van der Waals surface area contributed by atoms with Crippen LogP contribution >= 0.6 is 0 Å². The lowest BCUT2D eigenvalue weighted by Crippen LogP contribution is -2.03. The first-order chi connectivity index (χ1) is 26.6. The second kappa shape index (κ2) is 9.46. The average molecular weight is 540 g/mol. The van der Waals surface area contributed by atoms with Crippen molar-refractivity contribution in [2.75, 3.05) is 0 Å². The molecular weight excluding hydrogens is 496 g/mol. The van der Waals surface area contributed by atoms with Crippen LogP contribution in [-0.4, -0.2) is 9.55 Å². The summed E-state index contributed by atoms with van der Waals surface area (Å²) in [5.41, 5.74) is 1.43. The van der Waals surface area contributed by atoms with E-state index in [1.807, 2.05) is 35.8 Å². The van der Waals surface area contributed by atoms with E-state index in [9.17, 15) is 6.85 Å². The molecule has 8 aromatic rings. The van der Waals surface area contributed by atoms with Gasteiger partial charge in [0.25, 0.3) is 0 Å². The molecule has 0 unspecified atom stereocenters. The topological polar surface area (TPSA) is 17.8 Å². The SMILES string of the molecule is [2H]c1c([2H])c([2H])c2c(-c3c4c([2H])c([2H])c([2H])c([2H])c4c(-c4ccccc4-n4c(CC)nc5ccccc54)c4c([2H])c([2H])c([2H])c([2H])c34)c([2H])c([2H])c([2H])c2c1[2H]. The van der Waals surface area contributed by atoms with Crippen LogP contribution in [-0.2, 0) is 6.42 Å². The number of nitrogens with zero attached hydrogens (tertiary/aromatic N) is 2. The molecule has 0 aliphatic rings. The fourth-order valence-electron chi connectivity index (χ4n) is 5.61. The van der Waals surface area contributed by atoms with Crippen molar-refractivity contribution in [2.45, 2.75) is 13.3 Å². The zero-order chi connectivity index (χ0) is 40.4. The van der Waals surface area contributed by atoms with Crippen LogP contribution in [0.3, 0.4) is 0 Å². The average Bonchev–Trinajstić information content (AvgIpc) is 3.58. The number of rotatable bonds is 4. The Morgan fingerprint density at radius 2 is 1.15 bits per heavy atom. The zero-order valence-corrected chi connectivity index (χ0v) is 21.7. The van der Waals surface area contributed by atoms with Gasteiger partial charge < -0.3 is 0 Å². The highest BCUT2D eigenvalue weighted by Crippen LogP contribution is 2.46. The largest absolute Gasteiger partial charge is 0.296 e. The van der Waals surface area contributed by atoms with Gasteiger partial charge in [0.05, 0.1) is 37.3 Å². The van der Waals surface area contributed by atoms with Crippen molar-refractivity contribution in [3.8, 4) is 27.9 Å². The number of benzene rings is 7. The van der Waals surface area contributed by atoms with Gasteiger partial charge in [-0.3, -0.25) is 4.57 Å². The normalized spacial score (nSPS) is 16.8. The van der Waals surface area contributed by atoms with E-state index in [-0.39, 0.29) is 32.7 Å². The van der Waals surface area contributed by atoms with Crippen LogP contribution in [0.25, 0.3) is 71.3 Å². The molecule has 0 fully saturated rings. The summed E-state index contributed by atoms with van der Waals surface area (Å²) in [5.74, 6) is 0.644. The summed E-state index contributed by atoms with van der Waals surface area (Å²) in [4.78, 5) is 4.82. The molecule has 0 bridgehead atoms. The lowest BCUT2D eigenvalue weighted by molar-refractivity contribution is 0.909. The van der Waals surface area contributed by atoms with E-state index in [1.165, 1.54) is 0 Å². The maximum atomic E-state index is 9.42. The van der Waals surface area contributed by atoms with Gasteiger partial charge in [0.1, 0.15) is 5.82 Å². The molecule has 0 saturated heterocycles. The molecule has 41 heavy (non-hydrogen) atoms. The van der Waals surface area contributed by atoms with Crippen molar-refractivity contribution in [1.29, 1.82) is 0 Å². The molecule has 0 N–H and O–H groups in total. The second-order valence-corrected chi connectivity index (χ2v) is 9.47. The van der Waals surface area contributed by atoms with Gasteiger partial charge in [-0.2, -0.15) is 0 Å². The Bertz CT molecular complexity index is 2990. The van der Waals surface area contributed by atoms with E-state index in [0.29, 0.717) is 34.5 Å². The summed E-state index contributed by atoms with van der Waals surface area (Å²) in [5, 5.41) is -1.81. The van der Waals surface area contributed by atoms with E-state index in [1.54, 1.807) is 24.3 Å². The number of para-hydroxylation sites is 3. The molecule has 8 rings (SSSR count). The molecule has 2 heteroatoms. The number of imidazole rings is 1. The van der Waals surface area contributed by atoms with Crippen molar-refractivity contribution in [2.24, 2.45) is 0 Å². The van der Waals surface area contributed by atoms with Crippen molar-refractivity contribution < 1.29 is 20.6 Å². The molecule has 0 spiro atoms. The second-order valence-electron chi connectivity index (χ2n) is 9.47. The maximum Gasteiger partial charge on any atom is 0.114 e. The lowest BCUT2D eigenvalue weighted by Gasteiger charge is -2.21. The molecule has 0 aliphatic heterocycles.